The second-order valence-corrected chi connectivity index (χ2v) is 6.79. The number of hydrogen-bond donors (Lipinski definition) is 1. The maximum absolute atomic E-state index is 12.2. The summed E-state index contributed by atoms with van der Waals surface area (Å²) in [6.45, 7) is 6.21. The number of carbonyl (C=O) groups is 1. The first kappa shape index (κ1) is 18.7. The first-order chi connectivity index (χ1) is 12.9. The van der Waals surface area contributed by atoms with E-state index in [1.807, 2.05) is 50.2 Å². The summed E-state index contributed by atoms with van der Waals surface area (Å²) in [7, 11) is 0. The molecule has 0 aliphatic heterocycles. The third-order valence-electron chi connectivity index (χ3n) is 4.48. The Balaban J connectivity index is 1.66. The molecule has 0 saturated heterocycles. The molecule has 0 spiro atoms. The van der Waals surface area contributed by atoms with Crippen LogP contribution in [0.2, 0.25) is 0 Å². The maximum Gasteiger partial charge on any atom is 0.336 e. The van der Waals surface area contributed by atoms with E-state index in [4.69, 9.17) is 9.15 Å². The molecule has 1 amide bonds. The van der Waals surface area contributed by atoms with E-state index >= 15 is 0 Å². The number of amides is 1. The standard InChI is InChI=1S/C22H23NO4/c1-14-9-18(22-15(2)11-21(25)27-19(22)10-14)26-13-20(24)23-12-16(3)17-7-5-4-6-8-17/h4-11,16H,12-13H2,1-3H3,(H,23,24). The summed E-state index contributed by atoms with van der Waals surface area (Å²) in [4.78, 5) is 23.8. The van der Waals surface area contributed by atoms with E-state index in [0.717, 1.165) is 11.1 Å². The Morgan fingerprint density at radius 3 is 2.63 bits per heavy atom. The van der Waals surface area contributed by atoms with Crippen LogP contribution in [-0.2, 0) is 4.79 Å². The summed E-state index contributed by atoms with van der Waals surface area (Å²) in [6.07, 6.45) is 0. The first-order valence-corrected chi connectivity index (χ1v) is 8.93. The van der Waals surface area contributed by atoms with Gasteiger partial charge in [0.05, 0.1) is 5.39 Å². The van der Waals surface area contributed by atoms with Crippen LogP contribution in [0.5, 0.6) is 5.75 Å². The quantitative estimate of drug-likeness (QED) is 0.676. The van der Waals surface area contributed by atoms with Crippen molar-refractivity contribution in [3.8, 4) is 5.75 Å². The summed E-state index contributed by atoms with van der Waals surface area (Å²) >= 11 is 0. The molecule has 5 nitrogen and oxygen atoms in total. The van der Waals surface area contributed by atoms with Crippen LogP contribution in [0.3, 0.4) is 0 Å². The number of hydrogen-bond acceptors (Lipinski definition) is 4. The van der Waals surface area contributed by atoms with Crippen molar-refractivity contribution in [2.45, 2.75) is 26.7 Å². The van der Waals surface area contributed by atoms with Crippen molar-refractivity contribution < 1.29 is 13.9 Å². The molecule has 1 aromatic heterocycles. The van der Waals surface area contributed by atoms with Crippen molar-refractivity contribution in [3.63, 3.8) is 0 Å². The number of carbonyl (C=O) groups excluding carboxylic acids is 1. The van der Waals surface area contributed by atoms with E-state index in [-0.39, 0.29) is 18.4 Å². The van der Waals surface area contributed by atoms with Gasteiger partial charge in [0.25, 0.3) is 5.91 Å². The average Bonchev–Trinajstić information content (AvgIpc) is 2.64. The molecule has 3 aromatic rings. The van der Waals surface area contributed by atoms with Gasteiger partial charge in [-0.3, -0.25) is 4.79 Å². The van der Waals surface area contributed by atoms with Crippen molar-refractivity contribution in [2.24, 2.45) is 0 Å². The fourth-order valence-electron chi connectivity index (χ4n) is 3.05. The van der Waals surface area contributed by atoms with Gasteiger partial charge in [-0.05, 0) is 48.6 Å². The lowest BCUT2D eigenvalue weighted by molar-refractivity contribution is -0.123. The Bertz CT molecular complexity index is 1010. The van der Waals surface area contributed by atoms with E-state index in [1.165, 1.54) is 11.6 Å². The number of fused-ring (bicyclic) bond motifs is 1. The van der Waals surface area contributed by atoms with Crippen LogP contribution >= 0.6 is 0 Å². The van der Waals surface area contributed by atoms with Crippen LogP contribution < -0.4 is 15.7 Å². The molecule has 1 N–H and O–H groups in total. The normalized spacial score (nSPS) is 12.0. The molecule has 1 heterocycles. The number of aryl methyl sites for hydroxylation is 2. The maximum atomic E-state index is 12.2. The Morgan fingerprint density at radius 1 is 1.15 bits per heavy atom. The third-order valence-corrected chi connectivity index (χ3v) is 4.48. The van der Waals surface area contributed by atoms with Crippen LogP contribution in [0.15, 0.2) is 57.7 Å². The van der Waals surface area contributed by atoms with Crippen molar-refractivity contribution in [1.29, 1.82) is 0 Å². The minimum atomic E-state index is -0.399. The molecule has 1 unspecified atom stereocenters. The Labute approximate surface area is 158 Å². The van der Waals surface area contributed by atoms with Crippen LogP contribution in [0, 0.1) is 13.8 Å². The zero-order chi connectivity index (χ0) is 19.4. The lowest BCUT2D eigenvalue weighted by atomic mass is 10.0. The van der Waals surface area contributed by atoms with Gasteiger partial charge in [-0.15, -0.1) is 0 Å². The Hall–Kier alpha value is -3.08. The highest BCUT2D eigenvalue weighted by atomic mass is 16.5. The predicted molar refractivity (Wildman–Crippen MR) is 105 cm³/mol. The second kappa shape index (κ2) is 8.08. The minimum absolute atomic E-state index is 0.0986. The SMILES string of the molecule is Cc1cc(OCC(=O)NCC(C)c2ccccc2)c2c(C)cc(=O)oc2c1. The van der Waals surface area contributed by atoms with Gasteiger partial charge in [0.1, 0.15) is 11.3 Å². The number of ether oxygens (including phenoxy) is 1. The number of nitrogens with one attached hydrogen (secondary N) is 1. The van der Waals surface area contributed by atoms with Gasteiger partial charge in [0.2, 0.25) is 0 Å². The highest BCUT2D eigenvalue weighted by Crippen LogP contribution is 2.29. The fourth-order valence-corrected chi connectivity index (χ4v) is 3.05. The molecule has 1 atom stereocenters. The smallest absolute Gasteiger partial charge is 0.336 e. The lowest BCUT2D eigenvalue weighted by Gasteiger charge is -2.14. The fraction of sp³-hybridized carbons (Fsp3) is 0.273. The van der Waals surface area contributed by atoms with Gasteiger partial charge in [0.15, 0.2) is 6.61 Å². The monoisotopic (exact) mass is 365 g/mol. The summed E-state index contributed by atoms with van der Waals surface area (Å²) in [5.74, 6) is 0.562. The Kier molecular flexibility index (Phi) is 5.60. The number of rotatable bonds is 6. The van der Waals surface area contributed by atoms with E-state index < -0.39 is 5.63 Å². The zero-order valence-corrected chi connectivity index (χ0v) is 15.7. The van der Waals surface area contributed by atoms with Gasteiger partial charge in [-0.25, -0.2) is 4.79 Å². The molecule has 3 rings (SSSR count). The molecule has 0 saturated carbocycles. The zero-order valence-electron chi connectivity index (χ0n) is 15.7. The highest BCUT2D eigenvalue weighted by molar-refractivity contribution is 5.88. The average molecular weight is 365 g/mol. The summed E-state index contributed by atoms with van der Waals surface area (Å²) < 4.78 is 11.0. The van der Waals surface area contributed by atoms with Gasteiger partial charge in [-0.1, -0.05) is 37.3 Å². The molecule has 140 valence electrons. The van der Waals surface area contributed by atoms with Gasteiger partial charge >= 0.3 is 5.63 Å². The molecular formula is C22H23NO4. The largest absolute Gasteiger partial charge is 0.483 e. The van der Waals surface area contributed by atoms with Crippen LogP contribution in [-0.4, -0.2) is 19.1 Å². The molecule has 5 heteroatoms. The molecule has 2 aromatic carbocycles. The van der Waals surface area contributed by atoms with E-state index in [9.17, 15) is 9.59 Å². The lowest BCUT2D eigenvalue weighted by Crippen LogP contribution is -2.31. The minimum Gasteiger partial charge on any atom is -0.483 e. The second-order valence-electron chi connectivity index (χ2n) is 6.79. The predicted octanol–water partition coefficient (Wildman–Crippen LogP) is 3.71. The topological polar surface area (TPSA) is 68.5 Å². The first-order valence-electron chi connectivity index (χ1n) is 8.93. The van der Waals surface area contributed by atoms with Crippen molar-refractivity contribution >= 4 is 16.9 Å². The van der Waals surface area contributed by atoms with Gasteiger partial charge in [-0.2, -0.15) is 0 Å². The summed E-state index contributed by atoms with van der Waals surface area (Å²) in [6, 6.07) is 15.1. The number of benzene rings is 2. The summed E-state index contributed by atoms with van der Waals surface area (Å²) in [5, 5.41) is 3.61. The van der Waals surface area contributed by atoms with Crippen LogP contribution in [0.4, 0.5) is 0 Å². The van der Waals surface area contributed by atoms with Gasteiger partial charge in [0, 0.05) is 12.6 Å². The van der Waals surface area contributed by atoms with Gasteiger partial charge < -0.3 is 14.5 Å². The van der Waals surface area contributed by atoms with Crippen LogP contribution in [0.25, 0.3) is 11.0 Å². The molecule has 27 heavy (non-hydrogen) atoms. The van der Waals surface area contributed by atoms with E-state index in [2.05, 4.69) is 12.2 Å². The molecule has 0 radical (unpaired) electrons. The third kappa shape index (κ3) is 4.56. The molecule has 0 fully saturated rings. The van der Waals surface area contributed by atoms with E-state index in [0.29, 0.717) is 23.3 Å². The van der Waals surface area contributed by atoms with E-state index in [1.54, 1.807) is 6.07 Å². The summed E-state index contributed by atoms with van der Waals surface area (Å²) in [5.41, 5.74) is 2.89. The van der Waals surface area contributed by atoms with Crippen LogP contribution in [0.1, 0.15) is 29.5 Å². The Morgan fingerprint density at radius 2 is 1.89 bits per heavy atom. The molecule has 0 bridgehead atoms. The highest BCUT2D eigenvalue weighted by Gasteiger charge is 2.13. The van der Waals surface area contributed by atoms with Crippen molar-refractivity contribution in [1.82, 2.24) is 5.32 Å². The van der Waals surface area contributed by atoms with Crippen molar-refractivity contribution in [3.05, 3.63) is 75.6 Å². The molecular weight excluding hydrogens is 342 g/mol. The molecule has 0 aliphatic carbocycles. The van der Waals surface area contributed by atoms with Crippen molar-refractivity contribution in [2.75, 3.05) is 13.2 Å². The molecule has 0 aliphatic rings.